The average molecular weight is 351 g/mol. The van der Waals surface area contributed by atoms with E-state index >= 15 is 0 Å². The summed E-state index contributed by atoms with van der Waals surface area (Å²) in [6, 6.07) is 14.4. The molecular weight excluding hydrogens is 326 g/mol. The lowest BCUT2D eigenvalue weighted by Gasteiger charge is -2.18. The van der Waals surface area contributed by atoms with E-state index in [9.17, 15) is 0 Å². The first kappa shape index (κ1) is 16.9. The van der Waals surface area contributed by atoms with Gasteiger partial charge in [0.05, 0.1) is 31.6 Å². The highest BCUT2D eigenvalue weighted by Crippen LogP contribution is 2.35. The van der Waals surface area contributed by atoms with Crippen molar-refractivity contribution in [2.45, 2.75) is 18.9 Å². The maximum atomic E-state index is 5.57. The van der Waals surface area contributed by atoms with E-state index in [1.807, 2.05) is 24.5 Å². The number of para-hydroxylation sites is 2. The summed E-state index contributed by atoms with van der Waals surface area (Å²) < 4.78 is 13.2. The SMILES string of the molecule is COc1ccc(OC)c(C2CCN(CCn3cnc4ccccc43)C2)c1. The van der Waals surface area contributed by atoms with E-state index in [1.165, 1.54) is 11.1 Å². The molecule has 1 aliphatic rings. The van der Waals surface area contributed by atoms with E-state index < -0.39 is 0 Å². The molecule has 0 saturated carbocycles. The van der Waals surface area contributed by atoms with E-state index in [0.717, 1.165) is 49.6 Å². The maximum Gasteiger partial charge on any atom is 0.122 e. The quantitative estimate of drug-likeness (QED) is 0.681. The second-order valence-electron chi connectivity index (χ2n) is 6.82. The molecule has 2 heterocycles. The third-order valence-electron chi connectivity index (χ3n) is 5.33. The lowest BCUT2D eigenvalue weighted by Crippen LogP contribution is -2.24. The van der Waals surface area contributed by atoms with Crippen molar-refractivity contribution >= 4 is 11.0 Å². The van der Waals surface area contributed by atoms with E-state index in [4.69, 9.17) is 9.47 Å². The summed E-state index contributed by atoms with van der Waals surface area (Å²) in [6.07, 6.45) is 3.09. The first-order valence-corrected chi connectivity index (χ1v) is 9.12. The Balaban J connectivity index is 1.43. The van der Waals surface area contributed by atoms with Crippen LogP contribution in [0.3, 0.4) is 0 Å². The van der Waals surface area contributed by atoms with Crippen molar-refractivity contribution in [3.8, 4) is 11.5 Å². The molecule has 1 aliphatic heterocycles. The Bertz CT molecular complexity index is 890. The molecule has 0 spiro atoms. The summed E-state index contributed by atoms with van der Waals surface area (Å²) in [4.78, 5) is 7.01. The number of fused-ring (bicyclic) bond motifs is 1. The van der Waals surface area contributed by atoms with Crippen LogP contribution in [0.1, 0.15) is 17.9 Å². The monoisotopic (exact) mass is 351 g/mol. The average Bonchev–Trinajstić information content (AvgIpc) is 3.33. The number of likely N-dealkylation sites (tertiary alicyclic amines) is 1. The molecule has 4 rings (SSSR count). The van der Waals surface area contributed by atoms with Crippen molar-refractivity contribution in [3.63, 3.8) is 0 Å². The topological polar surface area (TPSA) is 39.5 Å². The lowest BCUT2D eigenvalue weighted by molar-refractivity contribution is 0.318. The molecule has 1 atom stereocenters. The predicted octanol–water partition coefficient (Wildman–Crippen LogP) is 3.54. The van der Waals surface area contributed by atoms with Crippen LogP contribution in [0.5, 0.6) is 11.5 Å². The Morgan fingerprint density at radius 2 is 1.96 bits per heavy atom. The molecule has 5 heteroatoms. The number of aromatic nitrogens is 2. The van der Waals surface area contributed by atoms with Crippen LogP contribution >= 0.6 is 0 Å². The first-order chi connectivity index (χ1) is 12.8. The largest absolute Gasteiger partial charge is 0.497 e. The van der Waals surface area contributed by atoms with Gasteiger partial charge < -0.3 is 18.9 Å². The number of imidazole rings is 1. The predicted molar refractivity (Wildman–Crippen MR) is 103 cm³/mol. The zero-order valence-electron chi connectivity index (χ0n) is 15.4. The Hall–Kier alpha value is -2.53. The van der Waals surface area contributed by atoms with Gasteiger partial charge in [0, 0.05) is 31.1 Å². The number of rotatable bonds is 6. The number of methoxy groups -OCH3 is 2. The Morgan fingerprint density at radius 1 is 1.08 bits per heavy atom. The van der Waals surface area contributed by atoms with Gasteiger partial charge in [-0.2, -0.15) is 0 Å². The number of hydrogen-bond donors (Lipinski definition) is 0. The first-order valence-electron chi connectivity index (χ1n) is 9.12. The molecule has 0 radical (unpaired) electrons. The summed E-state index contributed by atoms with van der Waals surface area (Å²) >= 11 is 0. The molecular formula is C21H25N3O2. The fraction of sp³-hybridized carbons (Fsp3) is 0.381. The molecule has 0 N–H and O–H groups in total. The molecule has 0 amide bonds. The van der Waals surface area contributed by atoms with E-state index in [2.05, 4.69) is 38.7 Å². The number of ether oxygens (including phenoxy) is 2. The van der Waals surface area contributed by atoms with Crippen molar-refractivity contribution in [2.24, 2.45) is 0 Å². The van der Waals surface area contributed by atoms with Gasteiger partial charge in [-0.25, -0.2) is 4.98 Å². The smallest absolute Gasteiger partial charge is 0.122 e. The van der Waals surface area contributed by atoms with Crippen molar-refractivity contribution < 1.29 is 9.47 Å². The zero-order chi connectivity index (χ0) is 17.9. The summed E-state index contributed by atoms with van der Waals surface area (Å²) in [6.45, 7) is 4.15. The van der Waals surface area contributed by atoms with Crippen LogP contribution in [0.15, 0.2) is 48.8 Å². The van der Waals surface area contributed by atoms with E-state index in [-0.39, 0.29) is 0 Å². The Kier molecular flexibility index (Phi) is 4.80. The van der Waals surface area contributed by atoms with Crippen LogP contribution in [-0.4, -0.2) is 48.3 Å². The highest BCUT2D eigenvalue weighted by molar-refractivity contribution is 5.74. The van der Waals surface area contributed by atoms with Crippen LogP contribution in [0.25, 0.3) is 11.0 Å². The molecule has 1 aromatic heterocycles. The van der Waals surface area contributed by atoms with Gasteiger partial charge in [-0.3, -0.25) is 0 Å². The van der Waals surface area contributed by atoms with Crippen LogP contribution in [-0.2, 0) is 6.54 Å². The second kappa shape index (κ2) is 7.38. The van der Waals surface area contributed by atoms with Crippen LogP contribution < -0.4 is 9.47 Å². The third-order valence-corrected chi connectivity index (χ3v) is 5.33. The Morgan fingerprint density at radius 3 is 2.81 bits per heavy atom. The zero-order valence-corrected chi connectivity index (χ0v) is 15.4. The minimum atomic E-state index is 0.486. The fourth-order valence-electron chi connectivity index (χ4n) is 3.89. The highest BCUT2D eigenvalue weighted by atomic mass is 16.5. The molecule has 0 bridgehead atoms. The number of hydrogen-bond acceptors (Lipinski definition) is 4. The fourth-order valence-corrected chi connectivity index (χ4v) is 3.89. The normalized spacial score (nSPS) is 17.7. The maximum absolute atomic E-state index is 5.57. The molecule has 1 saturated heterocycles. The minimum absolute atomic E-state index is 0.486. The summed E-state index contributed by atoms with van der Waals surface area (Å²) in [5.74, 6) is 2.34. The van der Waals surface area contributed by atoms with Gasteiger partial charge in [0.2, 0.25) is 0 Å². The molecule has 0 aliphatic carbocycles. The van der Waals surface area contributed by atoms with Gasteiger partial charge in [0.25, 0.3) is 0 Å². The highest BCUT2D eigenvalue weighted by Gasteiger charge is 2.26. The molecule has 3 aromatic rings. The van der Waals surface area contributed by atoms with Gasteiger partial charge in [-0.15, -0.1) is 0 Å². The van der Waals surface area contributed by atoms with E-state index in [0.29, 0.717) is 5.92 Å². The van der Waals surface area contributed by atoms with Gasteiger partial charge in [0.1, 0.15) is 11.5 Å². The minimum Gasteiger partial charge on any atom is -0.497 e. The molecule has 2 aromatic carbocycles. The van der Waals surface area contributed by atoms with E-state index in [1.54, 1.807) is 14.2 Å². The van der Waals surface area contributed by atoms with Crippen molar-refractivity contribution in [3.05, 3.63) is 54.4 Å². The molecule has 1 unspecified atom stereocenters. The van der Waals surface area contributed by atoms with Gasteiger partial charge >= 0.3 is 0 Å². The standard InChI is InChI=1S/C21H25N3O2/c1-25-17-7-8-21(26-2)18(13-17)16-9-10-23(14-16)11-12-24-15-22-19-5-3-4-6-20(19)24/h3-8,13,15-16H,9-12,14H2,1-2H3. The molecule has 136 valence electrons. The van der Waals surface area contributed by atoms with Crippen LogP contribution in [0.4, 0.5) is 0 Å². The molecule has 5 nitrogen and oxygen atoms in total. The van der Waals surface area contributed by atoms with Crippen LogP contribution in [0.2, 0.25) is 0 Å². The number of nitrogens with zero attached hydrogens (tertiary/aromatic N) is 3. The van der Waals surface area contributed by atoms with Gasteiger partial charge in [-0.1, -0.05) is 12.1 Å². The summed E-state index contributed by atoms with van der Waals surface area (Å²) in [5, 5.41) is 0. The third kappa shape index (κ3) is 3.27. The molecule has 1 fully saturated rings. The van der Waals surface area contributed by atoms with Crippen molar-refractivity contribution in [1.82, 2.24) is 14.5 Å². The van der Waals surface area contributed by atoms with Gasteiger partial charge in [0.15, 0.2) is 0 Å². The van der Waals surface area contributed by atoms with Crippen molar-refractivity contribution in [2.75, 3.05) is 33.9 Å². The molecule has 26 heavy (non-hydrogen) atoms. The second-order valence-corrected chi connectivity index (χ2v) is 6.82. The Labute approximate surface area is 154 Å². The summed E-state index contributed by atoms with van der Waals surface area (Å²) in [7, 11) is 3.45. The van der Waals surface area contributed by atoms with Gasteiger partial charge in [-0.05, 0) is 43.3 Å². The number of benzene rings is 2. The summed E-state index contributed by atoms with van der Waals surface area (Å²) in [5.41, 5.74) is 3.52. The van der Waals surface area contributed by atoms with Crippen LogP contribution in [0, 0.1) is 0 Å². The van der Waals surface area contributed by atoms with Crippen molar-refractivity contribution in [1.29, 1.82) is 0 Å². The lowest BCUT2D eigenvalue weighted by atomic mass is 9.97.